The summed E-state index contributed by atoms with van der Waals surface area (Å²) in [6.45, 7) is 4.24. The first kappa shape index (κ1) is 19.4. The Hall–Kier alpha value is -2.87. The minimum atomic E-state index is -0.383. The van der Waals surface area contributed by atoms with Crippen LogP contribution in [0.15, 0.2) is 35.3 Å². The number of imidazole rings is 1. The van der Waals surface area contributed by atoms with Crippen molar-refractivity contribution < 1.29 is 9.59 Å². The molecule has 8 heteroatoms. The van der Waals surface area contributed by atoms with Gasteiger partial charge in [-0.1, -0.05) is 24.3 Å². The van der Waals surface area contributed by atoms with Crippen molar-refractivity contribution in [2.75, 3.05) is 40.3 Å². The fourth-order valence-electron chi connectivity index (χ4n) is 4.76. The van der Waals surface area contributed by atoms with Crippen molar-refractivity contribution in [1.82, 2.24) is 24.7 Å². The second kappa shape index (κ2) is 7.51. The number of amides is 2. The molecule has 1 aromatic heterocycles. The molecule has 2 N–H and O–H groups in total. The fourth-order valence-corrected chi connectivity index (χ4v) is 4.76. The average molecular weight is 397 g/mol. The molecule has 0 aliphatic carbocycles. The van der Waals surface area contributed by atoms with Crippen molar-refractivity contribution >= 4 is 11.8 Å². The van der Waals surface area contributed by atoms with Crippen LogP contribution in [-0.4, -0.2) is 76.8 Å². The first-order valence-electron chi connectivity index (χ1n) is 9.92. The molecule has 3 heterocycles. The number of aromatic nitrogens is 2. The molecule has 0 saturated carbocycles. The van der Waals surface area contributed by atoms with Gasteiger partial charge in [0.25, 0.3) is 5.91 Å². The van der Waals surface area contributed by atoms with Gasteiger partial charge in [0.05, 0.1) is 12.6 Å². The summed E-state index contributed by atoms with van der Waals surface area (Å²) in [5.41, 5.74) is 2.20. The van der Waals surface area contributed by atoms with Gasteiger partial charge in [0.15, 0.2) is 0 Å². The number of carbonyl (C=O) groups excluding carboxylic acids is 2. The van der Waals surface area contributed by atoms with Crippen molar-refractivity contribution in [2.45, 2.75) is 13.0 Å². The van der Waals surface area contributed by atoms with Crippen LogP contribution in [0, 0.1) is 18.8 Å². The third-order valence-electron chi connectivity index (χ3n) is 6.06. The van der Waals surface area contributed by atoms with E-state index in [1.54, 1.807) is 4.90 Å². The standard InChI is InChI=1S/C21H27N5O3/c1-13-6-4-5-7-15(13)19-16-11-25(20(28)17-8-22-21(29)23-17)9-14(16)10-26(19)18(27)12-24(2)3/h4-8,14,16,19H,9-12H2,1-3H3,(H2,22,23,29)/t14-,16-,19+/m1/s1. The van der Waals surface area contributed by atoms with Crippen molar-refractivity contribution in [3.8, 4) is 0 Å². The molecule has 2 aliphatic heterocycles. The van der Waals surface area contributed by atoms with Gasteiger partial charge in [0.1, 0.15) is 5.69 Å². The normalized spacial score (nSPS) is 23.7. The molecule has 1 aromatic carbocycles. The lowest BCUT2D eigenvalue weighted by Gasteiger charge is -2.31. The summed E-state index contributed by atoms with van der Waals surface area (Å²) in [5.74, 6) is 0.343. The fraction of sp³-hybridized carbons (Fsp3) is 0.476. The SMILES string of the molecule is Cc1ccccc1[C@H]1[C@@H]2CN(C(=O)c3c[nH]c(=O)[nH]3)C[C@@H]2CN1C(=O)CN(C)C. The van der Waals surface area contributed by atoms with Crippen LogP contribution in [0.25, 0.3) is 0 Å². The molecular weight excluding hydrogens is 370 g/mol. The highest BCUT2D eigenvalue weighted by molar-refractivity contribution is 5.92. The number of nitrogens with zero attached hydrogens (tertiary/aromatic N) is 3. The van der Waals surface area contributed by atoms with E-state index in [1.165, 1.54) is 6.20 Å². The highest BCUT2D eigenvalue weighted by Crippen LogP contribution is 2.46. The van der Waals surface area contributed by atoms with E-state index in [9.17, 15) is 14.4 Å². The number of rotatable bonds is 4. The number of hydrogen-bond donors (Lipinski definition) is 2. The third kappa shape index (κ3) is 3.60. The van der Waals surface area contributed by atoms with Gasteiger partial charge in [-0.2, -0.15) is 0 Å². The number of hydrogen-bond acceptors (Lipinski definition) is 4. The maximum absolute atomic E-state index is 13.0. The quantitative estimate of drug-likeness (QED) is 0.800. The lowest BCUT2D eigenvalue weighted by Crippen LogP contribution is -2.41. The molecule has 2 saturated heterocycles. The van der Waals surface area contributed by atoms with Gasteiger partial charge in [-0.3, -0.25) is 9.59 Å². The van der Waals surface area contributed by atoms with Crippen LogP contribution >= 0.6 is 0 Å². The predicted octanol–water partition coefficient (Wildman–Crippen LogP) is 0.845. The molecule has 8 nitrogen and oxygen atoms in total. The van der Waals surface area contributed by atoms with Gasteiger partial charge >= 0.3 is 5.69 Å². The number of aromatic amines is 2. The molecule has 2 aliphatic rings. The predicted molar refractivity (Wildman–Crippen MR) is 108 cm³/mol. The number of fused-ring (bicyclic) bond motifs is 1. The van der Waals surface area contributed by atoms with E-state index in [-0.39, 0.29) is 41.1 Å². The lowest BCUT2D eigenvalue weighted by atomic mass is 9.87. The first-order valence-corrected chi connectivity index (χ1v) is 9.92. The van der Waals surface area contributed by atoms with Crippen molar-refractivity contribution in [2.24, 2.45) is 11.8 Å². The Balaban J connectivity index is 1.62. The summed E-state index contributed by atoms with van der Waals surface area (Å²) >= 11 is 0. The van der Waals surface area contributed by atoms with Crippen LogP contribution in [0.1, 0.15) is 27.7 Å². The summed E-state index contributed by atoms with van der Waals surface area (Å²) in [6.07, 6.45) is 1.42. The molecule has 0 bridgehead atoms. The topological polar surface area (TPSA) is 92.5 Å². The molecule has 2 fully saturated rings. The molecule has 0 unspecified atom stereocenters. The van der Waals surface area contributed by atoms with E-state index in [1.807, 2.05) is 36.0 Å². The van der Waals surface area contributed by atoms with E-state index in [0.717, 1.165) is 11.1 Å². The molecule has 0 spiro atoms. The summed E-state index contributed by atoms with van der Waals surface area (Å²) < 4.78 is 0. The Labute approximate surface area is 169 Å². The van der Waals surface area contributed by atoms with Crippen molar-refractivity contribution in [3.63, 3.8) is 0 Å². The van der Waals surface area contributed by atoms with Crippen LogP contribution in [0.3, 0.4) is 0 Å². The monoisotopic (exact) mass is 397 g/mol. The Kier molecular flexibility index (Phi) is 5.04. The molecule has 4 rings (SSSR count). The first-order chi connectivity index (χ1) is 13.8. The Morgan fingerprint density at radius 1 is 1.17 bits per heavy atom. The van der Waals surface area contributed by atoms with E-state index < -0.39 is 0 Å². The second-order valence-corrected chi connectivity index (χ2v) is 8.38. The van der Waals surface area contributed by atoms with Crippen LogP contribution in [0.2, 0.25) is 0 Å². The van der Waals surface area contributed by atoms with E-state index >= 15 is 0 Å². The molecule has 2 amide bonds. The van der Waals surface area contributed by atoms with Gasteiger partial charge in [0.2, 0.25) is 5.91 Å². The summed E-state index contributed by atoms with van der Waals surface area (Å²) in [7, 11) is 3.80. The number of aryl methyl sites for hydroxylation is 1. The smallest absolute Gasteiger partial charge is 0.323 e. The summed E-state index contributed by atoms with van der Waals surface area (Å²) in [5, 5.41) is 0. The second-order valence-electron chi connectivity index (χ2n) is 8.38. The average Bonchev–Trinajstić information content (AvgIpc) is 3.35. The highest BCUT2D eigenvalue weighted by Gasteiger charge is 2.50. The molecule has 154 valence electrons. The Morgan fingerprint density at radius 3 is 2.59 bits per heavy atom. The highest BCUT2D eigenvalue weighted by atomic mass is 16.2. The third-order valence-corrected chi connectivity index (χ3v) is 6.06. The summed E-state index contributed by atoms with van der Waals surface area (Å²) in [4.78, 5) is 47.9. The maximum Gasteiger partial charge on any atom is 0.323 e. The number of H-pyrrole nitrogens is 2. The number of nitrogens with one attached hydrogen (secondary N) is 2. The van der Waals surface area contributed by atoms with Crippen LogP contribution in [0.5, 0.6) is 0 Å². The van der Waals surface area contributed by atoms with E-state index in [4.69, 9.17) is 0 Å². The largest absolute Gasteiger partial charge is 0.337 e. The molecular formula is C21H27N5O3. The van der Waals surface area contributed by atoms with Gasteiger partial charge in [-0.25, -0.2) is 4.79 Å². The Morgan fingerprint density at radius 2 is 1.93 bits per heavy atom. The van der Waals surface area contributed by atoms with Crippen LogP contribution in [0.4, 0.5) is 0 Å². The number of benzene rings is 1. The van der Waals surface area contributed by atoms with Gasteiger partial charge in [-0.05, 0) is 32.1 Å². The minimum Gasteiger partial charge on any atom is -0.337 e. The molecule has 0 radical (unpaired) electrons. The van der Waals surface area contributed by atoms with E-state index in [0.29, 0.717) is 26.2 Å². The van der Waals surface area contributed by atoms with Crippen molar-refractivity contribution in [3.05, 3.63) is 57.8 Å². The molecule has 29 heavy (non-hydrogen) atoms. The Bertz CT molecular complexity index is 978. The lowest BCUT2D eigenvalue weighted by molar-refractivity contribution is -0.133. The molecule has 2 aromatic rings. The van der Waals surface area contributed by atoms with Crippen LogP contribution in [-0.2, 0) is 4.79 Å². The summed E-state index contributed by atoms with van der Waals surface area (Å²) in [6, 6.07) is 8.12. The zero-order valence-electron chi connectivity index (χ0n) is 17.0. The number of likely N-dealkylation sites (tertiary alicyclic amines) is 2. The van der Waals surface area contributed by atoms with Crippen LogP contribution < -0.4 is 5.69 Å². The van der Waals surface area contributed by atoms with Gasteiger partial charge < -0.3 is 24.7 Å². The van der Waals surface area contributed by atoms with E-state index in [2.05, 4.69) is 29.0 Å². The zero-order chi connectivity index (χ0) is 20.7. The molecule has 3 atom stereocenters. The minimum absolute atomic E-state index is 0.0447. The van der Waals surface area contributed by atoms with Gasteiger partial charge in [-0.15, -0.1) is 0 Å². The number of carbonyl (C=O) groups is 2. The van der Waals surface area contributed by atoms with Gasteiger partial charge in [0, 0.05) is 37.7 Å². The van der Waals surface area contributed by atoms with Crippen molar-refractivity contribution in [1.29, 1.82) is 0 Å². The number of likely N-dealkylation sites (N-methyl/N-ethyl adjacent to an activating group) is 1. The zero-order valence-corrected chi connectivity index (χ0v) is 17.0. The maximum atomic E-state index is 13.0.